The highest BCUT2D eigenvalue weighted by Crippen LogP contribution is 2.40. The number of aryl methyl sites for hydroxylation is 2. The van der Waals surface area contributed by atoms with E-state index in [1.165, 1.54) is 60.3 Å². The van der Waals surface area contributed by atoms with Gasteiger partial charge in [-0.2, -0.15) is 0 Å². The summed E-state index contributed by atoms with van der Waals surface area (Å²) in [6, 6.07) is 66.3. The lowest BCUT2D eigenvalue weighted by molar-refractivity contribution is 0.673. The number of hydrogen-bond acceptors (Lipinski definition) is 3. The molecule has 0 saturated carbocycles. The third-order valence-electron chi connectivity index (χ3n) is 10.6. The SMILES string of the molecule is C/C=C/C(=C\C=C/N)c1cccc(-c2cccc(-c3cccc4oc5c6ccccc6ccc5c34)c2)c1.C=N.Cc1ccc2ccccc2c1.Cc1ccc2ccccc2c1. The molecule has 0 fully saturated rings. The van der Waals surface area contributed by atoms with Crippen molar-refractivity contribution >= 4 is 66.5 Å². The summed E-state index contributed by atoms with van der Waals surface area (Å²) >= 11 is 0. The maximum Gasteiger partial charge on any atom is 0.143 e. The van der Waals surface area contributed by atoms with Crippen molar-refractivity contribution in [2.24, 2.45) is 5.73 Å². The van der Waals surface area contributed by atoms with E-state index in [-0.39, 0.29) is 0 Å². The van der Waals surface area contributed by atoms with Crippen molar-refractivity contribution in [3.05, 3.63) is 235 Å². The molecule has 0 bridgehead atoms. The Bertz CT molecular complexity index is 3100. The zero-order valence-electron chi connectivity index (χ0n) is 35.0. The highest BCUT2D eigenvalue weighted by atomic mass is 16.3. The molecule has 3 heteroatoms. The molecule has 0 atom stereocenters. The largest absolute Gasteiger partial charge is 0.455 e. The number of benzene rings is 9. The van der Waals surface area contributed by atoms with Crippen LogP contribution in [0.25, 0.3) is 82.1 Å². The topological polar surface area (TPSA) is 63.0 Å². The Morgan fingerprint density at radius 2 is 1.08 bits per heavy atom. The molecule has 0 amide bonds. The summed E-state index contributed by atoms with van der Waals surface area (Å²) in [4.78, 5) is 0. The second kappa shape index (κ2) is 19.8. The maximum atomic E-state index is 6.41. The number of fused-ring (bicyclic) bond motifs is 7. The summed E-state index contributed by atoms with van der Waals surface area (Å²) in [6.45, 7) is 8.76. The van der Waals surface area contributed by atoms with Crippen LogP contribution in [0.15, 0.2) is 223 Å². The van der Waals surface area contributed by atoms with Crippen LogP contribution in [0.4, 0.5) is 0 Å². The van der Waals surface area contributed by atoms with E-state index in [0.29, 0.717) is 0 Å². The summed E-state index contributed by atoms with van der Waals surface area (Å²) in [7, 11) is 0. The zero-order chi connectivity index (χ0) is 42.6. The smallest absolute Gasteiger partial charge is 0.143 e. The highest BCUT2D eigenvalue weighted by molar-refractivity contribution is 6.19. The molecule has 61 heavy (non-hydrogen) atoms. The molecule has 0 aliphatic heterocycles. The number of rotatable bonds is 5. The van der Waals surface area contributed by atoms with Crippen molar-refractivity contribution in [3.63, 3.8) is 0 Å². The molecular weight excluding hydrogens is 741 g/mol. The van der Waals surface area contributed by atoms with Gasteiger partial charge in [-0.3, -0.25) is 0 Å². The van der Waals surface area contributed by atoms with Crippen LogP contribution in [-0.4, -0.2) is 6.72 Å². The fourth-order valence-corrected chi connectivity index (χ4v) is 7.74. The predicted octanol–water partition coefficient (Wildman–Crippen LogP) is 16.1. The van der Waals surface area contributed by atoms with E-state index in [1.807, 2.05) is 25.2 Å². The number of allylic oxidation sites excluding steroid dienone is 5. The number of nitrogens with two attached hydrogens (primary N) is 1. The normalized spacial score (nSPS) is 11.4. The molecule has 0 aliphatic carbocycles. The Morgan fingerprint density at radius 3 is 1.74 bits per heavy atom. The molecule has 298 valence electrons. The molecular formula is C58H50N2O. The van der Waals surface area contributed by atoms with Crippen molar-refractivity contribution in [1.29, 1.82) is 5.41 Å². The van der Waals surface area contributed by atoms with Crippen LogP contribution in [0.3, 0.4) is 0 Å². The summed E-state index contributed by atoms with van der Waals surface area (Å²) < 4.78 is 6.41. The second-order valence-corrected chi connectivity index (χ2v) is 14.8. The quantitative estimate of drug-likeness (QED) is 0.135. The first-order valence-electron chi connectivity index (χ1n) is 20.5. The van der Waals surface area contributed by atoms with Gasteiger partial charge >= 0.3 is 0 Å². The lowest BCUT2D eigenvalue weighted by atomic mass is 9.94. The Balaban J connectivity index is 0.000000188. The molecule has 3 nitrogen and oxygen atoms in total. The van der Waals surface area contributed by atoms with Crippen LogP contribution in [0.5, 0.6) is 0 Å². The van der Waals surface area contributed by atoms with Gasteiger partial charge in [-0.1, -0.05) is 193 Å². The van der Waals surface area contributed by atoms with Gasteiger partial charge in [0.25, 0.3) is 0 Å². The Morgan fingerprint density at radius 1 is 0.525 bits per heavy atom. The van der Waals surface area contributed by atoms with Crippen LogP contribution in [0.1, 0.15) is 23.6 Å². The zero-order valence-corrected chi connectivity index (χ0v) is 35.0. The van der Waals surface area contributed by atoms with Gasteiger partial charge in [-0.05, 0) is 124 Å². The highest BCUT2D eigenvalue weighted by Gasteiger charge is 2.15. The van der Waals surface area contributed by atoms with Gasteiger partial charge < -0.3 is 15.6 Å². The van der Waals surface area contributed by atoms with E-state index in [1.54, 1.807) is 6.20 Å². The first-order valence-corrected chi connectivity index (χ1v) is 20.5. The maximum absolute atomic E-state index is 6.41. The van der Waals surface area contributed by atoms with E-state index in [4.69, 9.17) is 15.6 Å². The molecule has 1 heterocycles. The van der Waals surface area contributed by atoms with E-state index < -0.39 is 0 Å². The van der Waals surface area contributed by atoms with E-state index in [0.717, 1.165) is 38.5 Å². The van der Waals surface area contributed by atoms with E-state index >= 15 is 0 Å². The molecule has 0 unspecified atom stereocenters. The van der Waals surface area contributed by atoms with Crippen molar-refractivity contribution in [2.75, 3.05) is 0 Å². The number of nitrogens with one attached hydrogen (secondary N) is 1. The van der Waals surface area contributed by atoms with Gasteiger partial charge in [0.2, 0.25) is 0 Å². The minimum Gasteiger partial charge on any atom is -0.455 e. The fourth-order valence-electron chi connectivity index (χ4n) is 7.74. The van der Waals surface area contributed by atoms with Gasteiger partial charge in [0.05, 0.1) is 0 Å². The standard InChI is InChI=1S/C35H27NO.2C11H10.CH3N/c1-2-9-24(15-8-21-36)26-11-5-12-27(22-26)28-13-6-14-29(23-28)30-17-7-18-33-34(30)32-20-19-25-10-3-4-16-31(25)35(32)37-33;2*1-9-6-7-10-4-2-3-5-11(10)8-9;1-2/h2-23H,36H2,1H3;2*2-8H,1H3;2H,1H2/b9-2+,21-8-,24-15+;;;. The average Bonchev–Trinajstić information content (AvgIpc) is 3.71. The van der Waals surface area contributed by atoms with Crippen LogP contribution in [0, 0.1) is 19.3 Å². The summed E-state index contributed by atoms with van der Waals surface area (Å²) in [5.41, 5.74) is 17.0. The molecule has 1 aromatic heterocycles. The van der Waals surface area contributed by atoms with E-state index in [9.17, 15) is 0 Å². The first kappa shape index (κ1) is 41.4. The molecule has 0 aliphatic rings. The minimum atomic E-state index is 0.908. The van der Waals surface area contributed by atoms with Crippen molar-refractivity contribution in [1.82, 2.24) is 0 Å². The monoisotopic (exact) mass is 790 g/mol. The van der Waals surface area contributed by atoms with E-state index in [2.05, 4.69) is 215 Å². The molecule has 10 aromatic rings. The van der Waals surface area contributed by atoms with Gasteiger partial charge in [0.1, 0.15) is 11.2 Å². The first-order chi connectivity index (χ1) is 30.0. The van der Waals surface area contributed by atoms with Crippen molar-refractivity contribution < 1.29 is 4.42 Å². The average molecular weight is 791 g/mol. The lowest BCUT2D eigenvalue weighted by Gasteiger charge is -2.10. The number of furan rings is 1. The third kappa shape index (κ3) is 9.60. The van der Waals surface area contributed by atoms with Gasteiger partial charge in [-0.15, -0.1) is 0 Å². The van der Waals surface area contributed by atoms with Crippen molar-refractivity contribution in [3.8, 4) is 22.3 Å². The van der Waals surface area contributed by atoms with Gasteiger partial charge in [-0.25, -0.2) is 0 Å². The molecule has 3 N–H and O–H groups in total. The fraction of sp³-hybridized carbons (Fsp3) is 0.0517. The van der Waals surface area contributed by atoms with Crippen molar-refractivity contribution in [2.45, 2.75) is 20.8 Å². The van der Waals surface area contributed by atoms with Crippen LogP contribution in [-0.2, 0) is 0 Å². The summed E-state index contributed by atoms with van der Waals surface area (Å²) in [5.74, 6) is 0. The molecule has 10 rings (SSSR count). The summed E-state index contributed by atoms with van der Waals surface area (Å²) in [6.07, 6.45) is 9.60. The molecule has 0 spiro atoms. The predicted molar refractivity (Wildman–Crippen MR) is 265 cm³/mol. The lowest BCUT2D eigenvalue weighted by Crippen LogP contribution is -1.86. The van der Waals surface area contributed by atoms with Crippen LogP contribution >= 0.6 is 0 Å². The van der Waals surface area contributed by atoms with Gasteiger partial charge in [0, 0.05) is 16.2 Å². The molecule has 0 saturated heterocycles. The van der Waals surface area contributed by atoms with Crippen LogP contribution in [0.2, 0.25) is 0 Å². The number of hydrogen-bond donors (Lipinski definition) is 2. The Hall–Kier alpha value is -7.75. The molecule has 9 aromatic carbocycles. The Labute approximate surface area is 358 Å². The molecule has 0 radical (unpaired) electrons. The Kier molecular flexibility index (Phi) is 13.4. The third-order valence-corrected chi connectivity index (χ3v) is 10.6. The van der Waals surface area contributed by atoms with Crippen LogP contribution < -0.4 is 5.73 Å². The van der Waals surface area contributed by atoms with Gasteiger partial charge in [0.15, 0.2) is 0 Å². The second-order valence-electron chi connectivity index (χ2n) is 14.8. The summed E-state index contributed by atoms with van der Waals surface area (Å²) in [5, 5.41) is 15.4. The minimum absolute atomic E-state index is 0.908.